The van der Waals surface area contributed by atoms with Crippen molar-refractivity contribution in [2.75, 3.05) is 12.8 Å². The molecule has 0 aliphatic heterocycles. The Balaban J connectivity index is 1.93. The van der Waals surface area contributed by atoms with Gasteiger partial charge in [0.25, 0.3) is 0 Å². The van der Waals surface area contributed by atoms with Crippen LogP contribution in [0.15, 0.2) is 60.0 Å². The van der Waals surface area contributed by atoms with Gasteiger partial charge in [0.05, 0.1) is 12.8 Å². The molecule has 2 aromatic heterocycles. The number of aromatic nitrogens is 1. The van der Waals surface area contributed by atoms with Gasteiger partial charge in [0.15, 0.2) is 0 Å². The molecule has 0 bridgehead atoms. The molecular weight excluding hydrogens is 342 g/mol. The topological polar surface area (TPSA) is 71.9 Å². The lowest BCUT2D eigenvalue weighted by Crippen LogP contribution is -1.99. The van der Waals surface area contributed by atoms with Crippen LogP contribution in [-0.2, 0) is 0 Å². The summed E-state index contributed by atoms with van der Waals surface area (Å²) in [7, 11) is 1.63. The van der Waals surface area contributed by atoms with E-state index in [9.17, 15) is 5.26 Å². The molecule has 2 aromatic carbocycles. The van der Waals surface area contributed by atoms with Crippen LogP contribution in [0.1, 0.15) is 5.56 Å². The highest BCUT2D eigenvalue weighted by Gasteiger charge is 2.16. The van der Waals surface area contributed by atoms with E-state index in [2.05, 4.69) is 28.6 Å². The second kappa shape index (κ2) is 6.51. The summed E-state index contributed by atoms with van der Waals surface area (Å²) in [5.74, 6) is 1.02. The van der Waals surface area contributed by atoms with E-state index in [1.165, 1.54) is 4.70 Å². The van der Waals surface area contributed by atoms with E-state index in [0.29, 0.717) is 5.56 Å². The Kier molecular flexibility index (Phi) is 4.04. The number of nitrogens with two attached hydrogens (primary N) is 1. The molecule has 4 rings (SSSR count). The van der Waals surface area contributed by atoms with Crippen molar-refractivity contribution < 1.29 is 4.74 Å². The molecule has 0 aliphatic carbocycles. The van der Waals surface area contributed by atoms with E-state index in [1.807, 2.05) is 42.5 Å². The minimum atomic E-state index is 0.242. The van der Waals surface area contributed by atoms with Crippen LogP contribution in [0.25, 0.3) is 32.5 Å². The maximum atomic E-state index is 9.62. The maximum absolute atomic E-state index is 9.62. The van der Waals surface area contributed by atoms with Gasteiger partial charge in [0, 0.05) is 26.8 Å². The lowest BCUT2D eigenvalue weighted by atomic mass is 9.98. The van der Waals surface area contributed by atoms with Crippen molar-refractivity contribution in [2.24, 2.45) is 0 Å². The van der Waals surface area contributed by atoms with E-state index in [4.69, 9.17) is 10.5 Å². The number of rotatable bonds is 3. The summed E-state index contributed by atoms with van der Waals surface area (Å²) in [5.41, 5.74) is 9.99. The molecule has 0 unspecified atom stereocenters. The molecule has 4 aromatic rings. The third-order valence-corrected chi connectivity index (χ3v) is 5.28. The molecule has 0 atom stereocenters. The minimum Gasteiger partial charge on any atom is -0.497 e. The molecule has 2 heterocycles. The fourth-order valence-corrected chi connectivity index (χ4v) is 3.95. The van der Waals surface area contributed by atoms with Gasteiger partial charge in [0.1, 0.15) is 23.2 Å². The summed E-state index contributed by atoms with van der Waals surface area (Å²) in [5, 5.41) is 12.8. The number of pyridine rings is 1. The van der Waals surface area contributed by atoms with Gasteiger partial charge < -0.3 is 10.5 Å². The Morgan fingerprint density at radius 3 is 2.58 bits per heavy atom. The number of hydrogen-bond acceptors (Lipinski definition) is 5. The summed E-state index contributed by atoms with van der Waals surface area (Å²) in [6.07, 6.45) is 0. The van der Waals surface area contributed by atoms with E-state index in [1.54, 1.807) is 18.4 Å². The van der Waals surface area contributed by atoms with Crippen molar-refractivity contribution in [3.63, 3.8) is 0 Å². The van der Waals surface area contributed by atoms with Crippen molar-refractivity contribution in [3.8, 4) is 34.2 Å². The van der Waals surface area contributed by atoms with Gasteiger partial charge in [-0.15, -0.1) is 11.3 Å². The number of thiophene rings is 1. The van der Waals surface area contributed by atoms with E-state index < -0.39 is 0 Å². The second-order valence-corrected chi connectivity index (χ2v) is 6.71. The molecule has 5 heteroatoms. The van der Waals surface area contributed by atoms with Gasteiger partial charge >= 0.3 is 0 Å². The van der Waals surface area contributed by atoms with Crippen LogP contribution in [-0.4, -0.2) is 12.1 Å². The summed E-state index contributed by atoms with van der Waals surface area (Å²) in [6, 6.07) is 19.9. The first-order valence-electron chi connectivity index (χ1n) is 8.03. The van der Waals surface area contributed by atoms with Gasteiger partial charge in [-0.25, -0.2) is 4.98 Å². The zero-order valence-electron chi connectivity index (χ0n) is 14.1. The number of nitrogen functional groups attached to an aromatic ring is 1. The normalized spacial score (nSPS) is 10.6. The number of benzene rings is 2. The van der Waals surface area contributed by atoms with Crippen molar-refractivity contribution in [1.82, 2.24) is 4.98 Å². The maximum Gasteiger partial charge on any atom is 0.142 e. The van der Waals surface area contributed by atoms with Gasteiger partial charge in [-0.2, -0.15) is 5.26 Å². The largest absolute Gasteiger partial charge is 0.497 e. The Bertz CT molecular complexity index is 1140. The average Bonchev–Trinajstić information content (AvgIpc) is 3.11. The van der Waals surface area contributed by atoms with Gasteiger partial charge in [0.2, 0.25) is 0 Å². The Labute approximate surface area is 155 Å². The number of methoxy groups -OCH3 is 1. The van der Waals surface area contributed by atoms with Crippen LogP contribution in [0.3, 0.4) is 0 Å². The number of hydrogen-bond donors (Lipinski definition) is 1. The Morgan fingerprint density at radius 2 is 1.85 bits per heavy atom. The minimum absolute atomic E-state index is 0.242. The fourth-order valence-electron chi connectivity index (χ4n) is 2.99. The molecule has 4 nitrogen and oxygen atoms in total. The highest BCUT2D eigenvalue weighted by Crippen LogP contribution is 2.38. The van der Waals surface area contributed by atoms with Gasteiger partial charge in [-0.3, -0.25) is 0 Å². The zero-order chi connectivity index (χ0) is 18.1. The predicted octanol–water partition coefficient (Wildman–Crippen LogP) is 5.09. The summed E-state index contributed by atoms with van der Waals surface area (Å²) < 4.78 is 6.38. The van der Waals surface area contributed by atoms with Crippen LogP contribution in [0, 0.1) is 11.3 Å². The summed E-state index contributed by atoms with van der Waals surface area (Å²) in [4.78, 5) is 4.44. The van der Waals surface area contributed by atoms with Crippen molar-refractivity contribution in [1.29, 1.82) is 5.26 Å². The molecule has 0 saturated carbocycles. The number of ether oxygens (including phenoxy) is 1. The molecule has 0 saturated heterocycles. The number of nitrogens with zero attached hydrogens (tertiary/aromatic N) is 2. The molecule has 0 fully saturated rings. The Hall–Kier alpha value is -3.36. The number of nitriles is 1. The molecule has 126 valence electrons. The molecule has 26 heavy (non-hydrogen) atoms. The molecule has 0 radical (unpaired) electrons. The first-order chi connectivity index (χ1) is 12.7. The van der Waals surface area contributed by atoms with Crippen molar-refractivity contribution in [3.05, 3.63) is 65.5 Å². The van der Waals surface area contributed by atoms with Gasteiger partial charge in [-0.1, -0.05) is 18.2 Å². The fraction of sp³-hybridized carbons (Fsp3) is 0.0476. The standard InChI is InChI=1S/C21H15N3OS/c1-25-14-8-6-13(7-9-14)19-10-16(17(11-22)21(23)24-19)18-12-26-20-5-3-2-4-15(18)20/h2-10,12H,1H3,(H2,23,24). The van der Waals surface area contributed by atoms with E-state index >= 15 is 0 Å². The summed E-state index contributed by atoms with van der Waals surface area (Å²) in [6.45, 7) is 0. The molecule has 0 aliphatic rings. The smallest absolute Gasteiger partial charge is 0.142 e. The van der Waals surface area contributed by atoms with Crippen LogP contribution >= 0.6 is 11.3 Å². The van der Waals surface area contributed by atoms with Crippen LogP contribution in [0.4, 0.5) is 5.82 Å². The SMILES string of the molecule is COc1ccc(-c2cc(-c3csc4ccccc34)c(C#N)c(N)n2)cc1. The highest BCUT2D eigenvalue weighted by atomic mass is 32.1. The zero-order valence-corrected chi connectivity index (χ0v) is 14.9. The Morgan fingerprint density at radius 1 is 1.08 bits per heavy atom. The van der Waals surface area contributed by atoms with Crippen molar-refractivity contribution in [2.45, 2.75) is 0 Å². The van der Waals surface area contributed by atoms with Crippen LogP contribution in [0.5, 0.6) is 5.75 Å². The molecule has 2 N–H and O–H groups in total. The molecular formula is C21H15N3OS. The number of fused-ring (bicyclic) bond motifs is 1. The van der Waals surface area contributed by atoms with Crippen LogP contribution < -0.4 is 10.5 Å². The second-order valence-electron chi connectivity index (χ2n) is 5.80. The third-order valence-electron chi connectivity index (χ3n) is 4.32. The monoisotopic (exact) mass is 357 g/mol. The van der Waals surface area contributed by atoms with Crippen molar-refractivity contribution >= 4 is 27.2 Å². The lowest BCUT2D eigenvalue weighted by molar-refractivity contribution is 0.415. The predicted molar refractivity (Wildman–Crippen MR) is 106 cm³/mol. The van der Waals surface area contributed by atoms with Gasteiger partial charge in [-0.05, 0) is 41.8 Å². The molecule has 0 amide bonds. The van der Waals surface area contributed by atoms with Crippen LogP contribution in [0.2, 0.25) is 0 Å². The average molecular weight is 357 g/mol. The van der Waals surface area contributed by atoms with E-state index in [-0.39, 0.29) is 5.82 Å². The lowest BCUT2D eigenvalue weighted by Gasteiger charge is -2.10. The highest BCUT2D eigenvalue weighted by molar-refractivity contribution is 7.17. The quantitative estimate of drug-likeness (QED) is 0.554. The first kappa shape index (κ1) is 16.1. The van der Waals surface area contributed by atoms with E-state index in [0.717, 1.165) is 33.5 Å². The third kappa shape index (κ3) is 2.67. The number of anilines is 1. The molecule has 0 spiro atoms. The summed E-state index contributed by atoms with van der Waals surface area (Å²) >= 11 is 1.65. The first-order valence-corrected chi connectivity index (χ1v) is 8.91.